The van der Waals surface area contributed by atoms with Crippen LogP contribution in [0.3, 0.4) is 0 Å². The van der Waals surface area contributed by atoms with Crippen LogP contribution in [0, 0.1) is 6.92 Å². The van der Waals surface area contributed by atoms with Crippen molar-refractivity contribution >= 4 is 11.7 Å². The molecule has 21 heavy (non-hydrogen) atoms. The molecule has 0 heterocycles. The van der Waals surface area contributed by atoms with Crippen LogP contribution in [0.15, 0.2) is 36.4 Å². The van der Waals surface area contributed by atoms with Crippen molar-refractivity contribution in [1.29, 1.82) is 0 Å². The maximum Gasteiger partial charge on any atom is 0.335 e. The summed E-state index contributed by atoms with van der Waals surface area (Å²) in [6, 6.07) is 9.08. The van der Waals surface area contributed by atoms with Gasteiger partial charge in [0.1, 0.15) is 11.5 Å². The van der Waals surface area contributed by atoms with E-state index in [1.807, 2.05) is 13.8 Å². The molecule has 0 aromatic heterocycles. The molecule has 0 saturated heterocycles. The largest absolute Gasteiger partial charge is 0.508 e. The lowest BCUT2D eigenvalue weighted by Gasteiger charge is -2.18. The van der Waals surface area contributed by atoms with Crippen molar-refractivity contribution in [2.45, 2.75) is 19.9 Å². The van der Waals surface area contributed by atoms with E-state index in [4.69, 9.17) is 5.11 Å². The van der Waals surface area contributed by atoms with E-state index in [0.717, 1.165) is 16.8 Å². The number of carboxylic acid groups (broad SMARTS) is 1. The van der Waals surface area contributed by atoms with Gasteiger partial charge in [-0.15, -0.1) is 0 Å². The number of phenols is 2. The maximum absolute atomic E-state index is 10.9. The molecule has 1 unspecified atom stereocenters. The molecule has 5 nitrogen and oxygen atoms in total. The lowest BCUT2D eigenvalue weighted by atomic mass is 10.1. The summed E-state index contributed by atoms with van der Waals surface area (Å²) in [5.74, 6) is -0.969. The highest BCUT2D eigenvalue weighted by molar-refractivity contribution is 5.88. The van der Waals surface area contributed by atoms with Crippen LogP contribution in [-0.4, -0.2) is 21.3 Å². The van der Waals surface area contributed by atoms with E-state index in [0.29, 0.717) is 0 Å². The highest BCUT2D eigenvalue weighted by Gasteiger charge is 2.11. The summed E-state index contributed by atoms with van der Waals surface area (Å²) in [5.41, 5.74) is 2.58. The van der Waals surface area contributed by atoms with Crippen molar-refractivity contribution < 1.29 is 20.1 Å². The number of rotatable bonds is 4. The number of carboxylic acids is 1. The quantitative estimate of drug-likeness (QED) is 0.693. The monoisotopic (exact) mass is 287 g/mol. The Kier molecular flexibility index (Phi) is 4.03. The number of hydrogen-bond acceptors (Lipinski definition) is 4. The summed E-state index contributed by atoms with van der Waals surface area (Å²) in [6.07, 6.45) is 0. The second-order valence-electron chi connectivity index (χ2n) is 4.98. The summed E-state index contributed by atoms with van der Waals surface area (Å²) in [5, 5.41) is 31.2. The van der Waals surface area contributed by atoms with Crippen LogP contribution in [0.2, 0.25) is 0 Å². The summed E-state index contributed by atoms with van der Waals surface area (Å²) in [7, 11) is 0. The van der Waals surface area contributed by atoms with Crippen LogP contribution in [0.25, 0.3) is 0 Å². The molecular weight excluding hydrogens is 270 g/mol. The van der Waals surface area contributed by atoms with Gasteiger partial charge in [-0.05, 0) is 55.3 Å². The van der Waals surface area contributed by atoms with Crippen molar-refractivity contribution in [3.05, 3.63) is 53.1 Å². The topological polar surface area (TPSA) is 89.8 Å². The molecular formula is C16H17NO4. The van der Waals surface area contributed by atoms with E-state index in [-0.39, 0.29) is 23.1 Å². The number of phenolic OH excluding ortho intramolecular Hbond substituents is 2. The molecule has 2 rings (SSSR count). The number of aromatic hydroxyl groups is 2. The zero-order valence-electron chi connectivity index (χ0n) is 11.8. The highest BCUT2D eigenvalue weighted by atomic mass is 16.4. The van der Waals surface area contributed by atoms with E-state index >= 15 is 0 Å². The Labute approximate surface area is 122 Å². The van der Waals surface area contributed by atoms with Gasteiger partial charge in [0.05, 0.1) is 5.56 Å². The zero-order valence-corrected chi connectivity index (χ0v) is 11.8. The minimum absolute atomic E-state index is 0.00315. The van der Waals surface area contributed by atoms with E-state index in [9.17, 15) is 15.0 Å². The van der Waals surface area contributed by atoms with Gasteiger partial charge in [-0.1, -0.05) is 0 Å². The first-order valence-electron chi connectivity index (χ1n) is 6.50. The predicted octanol–water partition coefficient (Wildman–Crippen LogP) is 3.28. The van der Waals surface area contributed by atoms with Crippen LogP contribution < -0.4 is 5.32 Å². The van der Waals surface area contributed by atoms with Crippen molar-refractivity contribution in [2.75, 3.05) is 5.32 Å². The Morgan fingerprint density at radius 1 is 1.10 bits per heavy atom. The van der Waals surface area contributed by atoms with Gasteiger partial charge >= 0.3 is 5.97 Å². The number of hydrogen-bond donors (Lipinski definition) is 4. The average Bonchev–Trinajstić information content (AvgIpc) is 2.39. The third kappa shape index (κ3) is 3.45. The fourth-order valence-corrected chi connectivity index (χ4v) is 2.14. The second-order valence-corrected chi connectivity index (χ2v) is 4.98. The summed E-state index contributed by atoms with van der Waals surface area (Å²) in [6.45, 7) is 3.71. The number of nitrogens with one attached hydrogen (secondary N) is 1. The van der Waals surface area contributed by atoms with E-state index in [1.165, 1.54) is 12.1 Å². The van der Waals surface area contributed by atoms with Crippen LogP contribution in [0.5, 0.6) is 11.5 Å². The van der Waals surface area contributed by atoms with Gasteiger partial charge in [-0.25, -0.2) is 4.79 Å². The molecule has 0 aliphatic carbocycles. The first kappa shape index (κ1) is 14.7. The Hall–Kier alpha value is -2.69. The zero-order chi connectivity index (χ0) is 15.6. The molecule has 0 saturated carbocycles. The molecule has 0 amide bonds. The normalized spacial score (nSPS) is 11.9. The SMILES string of the molecule is Cc1cc(C(=O)O)ccc1NC(C)c1cc(O)cc(O)c1. The van der Waals surface area contributed by atoms with Gasteiger partial charge in [0.25, 0.3) is 0 Å². The van der Waals surface area contributed by atoms with Crippen molar-refractivity contribution in [1.82, 2.24) is 0 Å². The lowest BCUT2D eigenvalue weighted by molar-refractivity contribution is 0.0697. The van der Waals surface area contributed by atoms with Crippen molar-refractivity contribution in [3.63, 3.8) is 0 Å². The molecule has 0 fully saturated rings. The Bertz CT molecular complexity index is 662. The molecule has 4 N–H and O–H groups in total. The van der Waals surface area contributed by atoms with E-state index in [1.54, 1.807) is 24.3 Å². The molecule has 0 aliphatic rings. The fourth-order valence-electron chi connectivity index (χ4n) is 2.14. The first-order chi connectivity index (χ1) is 9.86. The molecule has 0 spiro atoms. The third-order valence-corrected chi connectivity index (χ3v) is 3.27. The number of aryl methyl sites for hydroxylation is 1. The summed E-state index contributed by atoms with van der Waals surface area (Å²) >= 11 is 0. The maximum atomic E-state index is 10.9. The van der Waals surface area contributed by atoms with Crippen LogP contribution >= 0.6 is 0 Å². The predicted molar refractivity (Wildman–Crippen MR) is 79.9 cm³/mol. The van der Waals surface area contributed by atoms with Crippen LogP contribution in [0.1, 0.15) is 34.5 Å². The van der Waals surface area contributed by atoms with Gasteiger partial charge in [0, 0.05) is 17.8 Å². The van der Waals surface area contributed by atoms with Crippen LogP contribution in [-0.2, 0) is 0 Å². The van der Waals surface area contributed by atoms with E-state index in [2.05, 4.69) is 5.32 Å². The Morgan fingerprint density at radius 3 is 2.24 bits per heavy atom. The van der Waals surface area contributed by atoms with Crippen molar-refractivity contribution in [2.24, 2.45) is 0 Å². The van der Waals surface area contributed by atoms with Gasteiger partial charge in [-0.2, -0.15) is 0 Å². The van der Waals surface area contributed by atoms with Crippen LogP contribution in [0.4, 0.5) is 5.69 Å². The fraction of sp³-hybridized carbons (Fsp3) is 0.188. The van der Waals surface area contributed by atoms with Gasteiger partial charge < -0.3 is 20.6 Å². The third-order valence-electron chi connectivity index (χ3n) is 3.27. The van der Waals surface area contributed by atoms with Gasteiger partial charge in [0.2, 0.25) is 0 Å². The van der Waals surface area contributed by atoms with Gasteiger partial charge in [0.15, 0.2) is 0 Å². The highest BCUT2D eigenvalue weighted by Crippen LogP contribution is 2.28. The summed E-state index contributed by atoms with van der Waals surface area (Å²) < 4.78 is 0. The molecule has 110 valence electrons. The summed E-state index contributed by atoms with van der Waals surface area (Å²) in [4.78, 5) is 10.9. The standard InChI is InChI=1S/C16H17NO4/c1-9-5-11(16(20)21)3-4-15(9)17-10(2)12-6-13(18)8-14(19)7-12/h3-8,10,17-19H,1-2H3,(H,20,21). The number of benzene rings is 2. The smallest absolute Gasteiger partial charge is 0.335 e. The minimum Gasteiger partial charge on any atom is -0.508 e. The molecule has 0 radical (unpaired) electrons. The number of anilines is 1. The number of aromatic carboxylic acids is 1. The Morgan fingerprint density at radius 2 is 1.71 bits per heavy atom. The van der Waals surface area contributed by atoms with E-state index < -0.39 is 5.97 Å². The first-order valence-corrected chi connectivity index (χ1v) is 6.50. The molecule has 1 atom stereocenters. The second kappa shape index (κ2) is 5.75. The molecule has 0 bridgehead atoms. The minimum atomic E-state index is -0.962. The lowest BCUT2D eigenvalue weighted by Crippen LogP contribution is -2.08. The molecule has 0 aliphatic heterocycles. The molecule has 5 heteroatoms. The molecule has 2 aromatic carbocycles. The van der Waals surface area contributed by atoms with Crippen molar-refractivity contribution in [3.8, 4) is 11.5 Å². The Balaban J connectivity index is 2.23. The molecule has 2 aromatic rings. The average molecular weight is 287 g/mol. The number of carbonyl (C=O) groups is 1. The van der Waals surface area contributed by atoms with Gasteiger partial charge in [-0.3, -0.25) is 0 Å².